The average molecular weight is 487 g/mol. The van der Waals surface area contributed by atoms with Crippen LogP contribution in [-0.2, 0) is 20.0 Å². The predicted molar refractivity (Wildman–Crippen MR) is 116 cm³/mol. The molecule has 0 amide bonds. The zero-order chi connectivity index (χ0) is 20.7. The fraction of sp³-hybridized carbons (Fsp3) is 0.368. The Kier molecular flexibility index (Phi) is 5.80. The van der Waals surface area contributed by atoms with Crippen molar-refractivity contribution in [3.8, 4) is 0 Å². The molecule has 1 saturated heterocycles. The van der Waals surface area contributed by atoms with Crippen LogP contribution in [0.5, 0.6) is 0 Å². The van der Waals surface area contributed by atoms with E-state index in [0.29, 0.717) is 35.5 Å². The number of halogens is 1. The summed E-state index contributed by atoms with van der Waals surface area (Å²) in [7, 11) is -7.17. The van der Waals surface area contributed by atoms with Crippen LogP contribution in [0.3, 0.4) is 0 Å². The standard InChI is InChI=1S/C19H23BrN2O4S2/c1-13-6-7-16(12-17(13)20)21-28(25,26)19-11-14(2)18(10-15(19)3)22-8-4-5-9-27(22,23)24/h6-7,10-12,21H,4-5,8-9H2,1-3H3. The minimum absolute atomic E-state index is 0.120. The van der Waals surface area contributed by atoms with Crippen molar-refractivity contribution >= 4 is 47.4 Å². The summed E-state index contributed by atoms with van der Waals surface area (Å²) in [5.41, 5.74) is 3.12. The van der Waals surface area contributed by atoms with Gasteiger partial charge in [-0.15, -0.1) is 0 Å². The van der Waals surface area contributed by atoms with Crippen LogP contribution in [0.1, 0.15) is 29.5 Å². The first kappa shape index (κ1) is 21.1. The third-order valence-corrected chi connectivity index (χ3v) is 9.06. The highest BCUT2D eigenvalue weighted by Crippen LogP contribution is 2.32. The van der Waals surface area contributed by atoms with Crippen molar-refractivity contribution in [3.05, 3.63) is 51.5 Å². The number of anilines is 2. The summed E-state index contributed by atoms with van der Waals surface area (Å²) < 4.78 is 55.5. The summed E-state index contributed by atoms with van der Waals surface area (Å²) >= 11 is 3.40. The lowest BCUT2D eigenvalue weighted by Gasteiger charge is -2.30. The summed E-state index contributed by atoms with van der Waals surface area (Å²) in [5.74, 6) is 0.120. The minimum atomic E-state index is -3.81. The van der Waals surface area contributed by atoms with Gasteiger partial charge in [-0.05, 0) is 74.6 Å². The number of nitrogens with one attached hydrogen (secondary N) is 1. The van der Waals surface area contributed by atoms with Gasteiger partial charge in [0.05, 0.1) is 16.3 Å². The lowest BCUT2D eigenvalue weighted by Crippen LogP contribution is -2.38. The van der Waals surface area contributed by atoms with Crippen LogP contribution in [0.2, 0.25) is 0 Å². The Balaban J connectivity index is 1.98. The van der Waals surface area contributed by atoms with E-state index < -0.39 is 20.0 Å². The lowest BCUT2D eigenvalue weighted by atomic mass is 10.1. The molecule has 2 aromatic rings. The van der Waals surface area contributed by atoms with Gasteiger partial charge in [0.25, 0.3) is 10.0 Å². The second-order valence-electron chi connectivity index (χ2n) is 7.07. The molecule has 0 aromatic heterocycles. The van der Waals surface area contributed by atoms with Crippen molar-refractivity contribution in [3.63, 3.8) is 0 Å². The fourth-order valence-electron chi connectivity index (χ4n) is 3.26. The molecular weight excluding hydrogens is 464 g/mol. The highest BCUT2D eigenvalue weighted by molar-refractivity contribution is 9.10. The van der Waals surface area contributed by atoms with E-state index in [9.17, 15) is 16.8 Å². The van der Waals surface area contributed by atoms with Gasteiger partial charge in [-0.3, -0.25) is 9.03 Å². The summed E-state index contributed by atoms with van der Waals surface area (Å²) in [6.45, 7) is 5.76. The number of benzene rings is 2. The number of hydrogen-bond donors (Lipinski definition) is 1. The zero-order valence-corrected chi connectivity index (χ0v) is 19.2. The summed E-state index contributed by atoms with van der Waals surface area (Å²) in [6.07, 6.45) is 1.45. The Labute approximate surface area is 175 Å². The van der Waals surface area contributed by atoms with E-state index in [-0.39, 0.29) is 10.6 Å². The maximum absolute atomic E-state index is 12.9. The molecule has 1 N–H and O–H groups in total. The van der Waals surface area contributed by atoms with Gasteiger partial charge in [0.15, 0.2) is 0 Å². The van der Waals surface area contributed by atoms with Gasteiger partial charge in [0.2, 0.25) is 10.0 Å². The smallest absolute Gasteiger partial charge is 0.262 e. The molecule has 0 bridgehead atoms. The zero-order valence-electron chi connectivity index (χ0n) is 16.0. The van der Waals surface area contributed by atoms with Gasteiger partial charge >= 0.3 is 0 Å². The molecule has 1 aliphatic heterocycles. The molecule has 28 heavy (non-hydrogen) atoms. The van der Waals surface area contributed by atoms with E-state index in [0.717, 1.165) is 16.5 Å². The summed E-state index contributed by atoms with van der Waals surface area (Å²) in [4.78, 5) is 0.139. The van der Waals surface area contributed by atoms with E-state index in [4.69, 9.17) is 0 Å². The molecule has 9 heteroatoms. The molecule has 1 fully saturated rings. The molecule has 1 aliphatic rings. The van der Waals surface area contributed by atoms with Crippen LogP contribution in [0.15, 0.2) is 39.7 Å². The number of sulfonamides is 2. The molecule has 0 spiro atoms. The lowest BCUT2D eigenvalue weighted by molar-refractivity contribution is 0.574. The van der Waals surface area contributed by atoms with Crippen molar-refractivity contribution in [2.45, 2.75) is 38.5 Å². The number of hydrogen-bond acceptors (Lipinski definition) is 4. The maximum Gasteiger partial charge on any atom is 0.262 e. The maximum atomic E-state index is 12.9. The monoisotopic (exact) mass is 486 g/mol. The van der Waals surface area contributed by atoms with E-state index in [1.807, 2.05) is 13.0 Å². The Bertz CT molecular complexity index is 1130. The van der Waals surface area contributed by atoms with E-state index in [1.54, 1.807) is 38.1 Å². The third kappa shape index (κ3) is 4.21. The molecule has 152 valence electrons. The van der Waals surface area contributed by atoms with E-state index in [1.165, 1.54) is 4.31 Å². The highest BCUT2D eigenvalue weighted by Gasteiger charge is 2.28. The summed E-state index contributed by atoms with van der Waals surface area (Å²) in [6, 6.07) is 8.43. The third-order valence-electron chi connectivity index (χ3n) is 4.83. The first-order valence-corrected chi connectivity index (χ1v) is 12.8. The number of aryl methyl sites for hydroxylation is 3. The van der Waals surface area contributed by atoms with Gasteiger partial charge in [-0.25, -0.2) is 16.8 Å². The molecule has 2 aromatic carbocycles. The van der Waals surface area contributed by atoms with Crippen LogP contribution in [0.25, 0.3) is 0 Å². The van der Waals surface area contributed by atoms with E-state index >= 15 is 0 Å². The normalized spacial score (nSPS) is 16.8. The van der Waals surface area contributed by atoms with Crippen molar-refractivity contribution in [2.75, 3.05) is 21.3 Å². The second kappa shape index (κ2) is 7.68. The van der Waals surface area contributed by atoms with Crippen molar-refractivity contribution < 1.29 is 16.8 Å². The predicted octanol–water partition coefficient (Wildman–Crippen LogP) is 4.11. The molecule has 6 nitrogen and oxygen atoms in total. The highest BCUT2D eigenvalue weighted by atomic mass is 79.9. The fourth-order valence-corrected chi connectivity index (χ4v) is 6.69. The van der Waals surface area contributed by atoms with Crippen LogP contribution >= 0.6 is 15.9 Å². The van der Waals surface area contributed by atoms with Gasteiger partial charge < -0.3 is 0 Å². The van der Waals surface area contributed by atoms with E-state index in [2.05, 4.69) is 20.7 Å². The molecule has 0 unspecified atom stereocenters. The molecule has 0 atom stereocenters. The van der Waals surface area contributed by atoms with Gasteiger partial charge in [-0.2, -0.15) is 0 Å². The van der Waals surface area contributed by atoms with Crippen LogP contribution in [0, 0.1) is 20.8 Å². The topological polar surface area (TPSA) is 83.6 Å². The first-order chi connectivity index (χ1) is 13.0. The number of rotatable bonds is 4. The van der Waals surface area contributed by atoms with Crippen molar-refractivity contribution in [1.29, 1.82) is 0 Å². The molecule has 0 radical (unpaired) electrons. The Morgan fingerprint density at radius 1 is 1.00 bits per heavy atom. The Hall–Kier alpha value is -1.58. The van der Waals surface area contributed by atoms with Crippen molar-refractivity contribution in [2.24, 2.45) is 0 Å². The van der Waals surface area contributed by atoms with Gasteiger partial charge in [-0.1, -0.05) is 22.0 Å². The molecule has 0 saturated carbocycles. The van der Waals surface area contributed by atoms with Crippen LogP contribution < -0.4 is 9.03 Å². The second-order valence-corrected chi connectivity index (χ2v) is 11.6. The Morgan fingerprint density at radius 2 is 1.71 bits per heavy atom. The van der Waals surface area contributed by atoms with Gasteiger partial charge in [0, 0.05) is 16.7 Å². The largest absolute Gasteiger partial charge is 0.280 e. The molecule has 0 aliphatic carbocycles. The number of nitrogens with zero attached hydrogens (tertiary/aromatic N) is 1. The average Bonchev–Trinajstić information content (AvgIpc) is 2.59. The van der Waals surface area contributed by atoms with Gasteiger partial charge in [0.1, 0.15) is 0 Å². The Morgan fingerprint density at radius 3 is 2.36 bits per heavy atom. The molecule has 1 heterocycles. The molecule has 3 rings (SSSR count). The SMILES string of the molecule is Cc1ccc(NS(=O)(=O)c2cc(C)c(N3CCCCS3(=O)=O)cc2C)cc1Br. The summed E-state index contributed by atoms with van der Waals surface area (Å²) in [5, 5.41) is 0. The van der Waals surface area contributed by atoms with Crippen LogP contribution in [0.4, 0.5) is 11.4 Å². The van der Waals surface area contributed by atoms with Crippen molar-refractivity contribution in [1.82, 2.24) is 0 Å². The minimum Gasteiger partial charge on any atom is -0.280 e. The quantitative estimate of drug-likeness (QED) is 0.704. The molecular formula is C19H23BrN2O4S2. The van der Waals surface area contributed by atoms with Crippen LogP contribution in [-0.4, -0.2) is 29.1 Å². The first-order valence-electron chi connectivity index (χ1n) is 8.92.